The van der Waals surface area contributed by atoms with Gasteiger partial charge in [-0.2, -0.15) is 0 Å². The number of nitrogens with one attached hydrogen (secondary N) is 2. The van der Waals surface area contributed by atoms with Gasteiger partial charge in [0, 0.05) is 12.1 Å². The molecule has 112 valence electrons. The van der Waals surface area contributed by atoms with Gasteiger partial charge in [-0.1, -0.05) is 13.8 Å². The first-order valence-corrected chi connectivity index (χ1v) is 6.65. The van der Waals surface area contributed by atoms with Crippen molar-refractivity contribution in [2.24, 2.45) is 5.92 Å². The molecular formula is C14H22N2O4. The maximum absolute atomic E-state index is 11.8. The van der Waals surface area contributed by atoms with E-state index in [1.165, 1.54) is 0 Å². The molecule has 3 N–H and O–H groups in total. The van der Waals surface area contributed by atoms with Crippen molar-refractivity contribution in [2.45, 2.75) is 40.3 Å². The van der Waals surface area contributed by atoms with E-state index >= 15 is 0 Å². The third-order valence-electron chi connectivity index (χ3n) is 2.82. The Morgan fingerprint density at radius 2 is 2.00 bits per heavy atom. The smallest absolute Gasteiger partial charge is 0.372 e. The van der Waals surface area contributed by atoms with Crippen LogP contribution < -0.4 is 10.6 Å². The minimum atomic E-state index is -1.09. The molecule has 6 heteroatoms. The lowest BCUT2D eigenvalue weighted by molar-refractivity contribution is -0.122. The van der Waals surface area contributed by atoms with Crippen LogP contribution >= 0.6 is 0 Å². The van der Waals surface area contributed by atoms with Crippen LogP contribution in [0.2, 0.25) is 0 Å². The highest BCUT2D eigenvalue weighted by atomic mass is 16.4. The van der Waals surface area contributed by atoms with Crippen molar-refractivity contribution in [3.8, 4) is 0 Å². The first kappa shape index (κ1) is 16.2. The van der Waals surface area contributed by atoms with Gasteiger partial charge in [0.25, 0.3) is 0 Å². The highest BCUT2D eigenvalue weighted by molar-refractivity contribution is 5.86. The van der Waals surface area contributed by atoms with E-state index in [1.54, 1.807) is 19.9 Å². The lowest BCUT2D eigenvalue weighted by Crippen LogP contribution is -2.42. The molecule has 0 radical (unpaired) electrons. The van der Waals surface area contributed by atoms with E-state index in [4.69, 9.17) is 9.52 Å². The average Bonchev–Trinajstić information content (AvgIpc) is 2.74. The third kappa shape index (κ3) is 4.70. The highest BCUT2D eigenvalue weighted by Gasteiger charge is 2.16. The summed E-state index contributed by atoms with van der Waals surface area (Å²) in [5.41, 5.74) is 0.575. The van der Waals surface area contributed by atoms with Crippen molar-refractivity contribution in [3.05, 3.63) is 23.2 Å². The Balaban J connectivity index is 2.48. The zero-order valence-corrected chi connectivity index (χ0v) is 12.3. The summed E-state index contributed by atoms with van der Waals surface area (Å²) in [6.07, 6.45) is 0. The molecule has 0 saturated carbocycles. The Kier molecular flexibility index (Phi) is 5.76. The predicted molar refractivity (Wildman–Crippen MR) is 74.6 cm³/mol. The summed E-state index contributed by atoms with van der Waals surface area (Å²) in [6, 6.07) is 1.29. The molecule has 1 atom stereocenters. The quantitative estimate of drug-likeness (QED) is 0.705. The van der Waals surface area contributed by atoms with Gasteiger partial charge < -0.3 is 14.8 Å². The van der Waals surface area contributed by atoms with Crippen molar-refractivity contribution in [2.75, 3.05) is 6.54 Å². The number of furan rings is 1. The van der Waals surface area contributed by atoms with Gasteiger partial charge in [0.05, 0.1) is 12.6 Å². The van der Waals surface area contributed by atoms with E-state index in [0.717, 1.165) is 0 Å². The molecule has 0 aliphatic carbocycles. The molecule has 0 aromatic carbocycles. The van der Waals surface area contributed by atoms with Gasteiger partial charge in [-0.3, -0.25) is 10.1 Å². The molecule has 1 aromatic heterocycles. The zero-order chi connectivity index (χ0) is 15.3. The summed E-state index contributed by atoms with van der Waals surface area (Å²) in [4.78, 5) is 22.6. The highest BCUT2D eigenvalue weighted by Crippen LogP contribution is 2.14. The number of aromatic carboxylic acids is 1. The van der Waals surface area contributed by atoms with E-state index < -0.39 is 5.97 Å². The van der Waals surface area contributed by atoms with Crippen molar-refractivity contribution in [1.29, 1.82) is 0 Å². The fourth-order valence-corrected chi connectivity index (χ4v) is 1.65. The Morgan fingerprint density at radius 1 is 1.35 bits per heavy atom. The first-order valence-electron chi connectivity index (χ1n) is 6.65. The number of hydrogen-bond acceptors (Lipinski definition) is 4. The van der Waals surface area contributed by atoms with Gasteiger partial charge in [-0.15, -0.1) is 0 Å². The molecule has 0 bridgehead atoms. The minimum absolute atomic E-state index is 0.0567. The molecule has 0 aliphatic rings. The van der Waals surface area contributed by atoms with Crippen LogP contribution in [0, 0.1) is 12.8 Å². The molecule has 0 spiro atoms. The number of carboxylic acids is 1. The van der Waals surface area contributed by atoms with Crippen LogP contribution in [0.3, 0.4) is 0 Å². The third-order valence-corrected chi connectivity index (χ3v) is 2.82. The summed E-state index contributed by atoms with van der Waals surface area (Å²) in [6.45, 7) is 8.42. The van der Waals surface area contributed by atoms with Gasteiger partial charge in [0.1, 0.15) is 5.76 Å². The number of hydrogen-bond donors (Lipinski definition) is 3. The molecule has 1 unspecified atom stereocenters. The zero-order valence-electron chi connectivity index (χ0n) is 12.3. The predicted octanol–water partition coefficient (Wildman–Crippen LogP) is 1.54. The van der Waals surface area contributed by atoms with Gasteiger partial charge >= 0.3 is 5.97 Å². The summed E-state index contributed by atoms with van der Waals surface area (Å²) in [5.74, 6) is -0.323. The van der Waals surface area contributed by atoms with Crippen LogP contribution in [0.25, 0.3) is 0 Å². The Bertz CT molecular complexity index is 480. The molecule has 1 amide bonds. The molecule has 1 aromatic rings. The van der Waals surface area contributed by atoms with Crippen molar-refractivity contribution in [3.63, 3.8) is 0 Å². The van der Waals surface area contributed by atoms with E-state index in [2.05, 4.69) is 10.6 Å². The van der Waals surface area contributed by atoms with E-state index in [9.17, 15) is 9.59 Å². The molecule has 1 heterocycles. The van der Waals surface area contributed by atoms with Crippen LogP contribution in [-0.2, 0) is 11.3 Å². The summed E-state index contributed by atoms with van der Waals surface area (Å²) >= 11 is 0. The van der Waals surface area contributed by atoms with Gasteiger partial charge in [0.2, 0.25) is 11.7 Å². The fraction of sp³-hybridized carbons (Fsp3) is 0.571. The number of carboxylic acid groups (broad SMARTS) is 1. The number of carbonyl (C=O) groups excluding carboxylic acids is 1. The Hall–Kier alpha value is -1.82. The maximum Gasteiger partial charge on any atom is 0.372 e. The van der Waals surface area contributed by atoms with Crippen molar-refractivity contribution < 1.29 is 19.1 Å². The lowest BCUT2D eigenvalue weighted by Gasteiger charge is -2.14. The summed E-state index contributed by atoms with van der Waals surface area (Å²) in [7, 11) is 0. The Labute approximate surface area is 118 Å². The minimum Gasteiger partial charge on any atom is -0.475 e. The lowest BCUT2D eigenvalue weighted by atomic mass is 10.2. The molecule has 0 fully saturated rings. The molecule has 20 heavy (non-hydrogen) atoms. The molecule has 0 saturated heterocycles. The SMILES string of the molecule is Cc1cc(CNC(C)C(=O)NCC(C)C)oc1C(=O)O. The maximum atomic E-state index is 11.8. The number of aryl methyl sites for hydroxylation is 1. The Morgan fingerprint density at radius 3 is 2.50 bits per heavy atom. The summed E-state index contributed by atoms with van der Waals surface area (Å²) in [5, 5.41) is 14.7. The van der Waals surface area contributed by atoms with E-state index in [1.807, 2.05) is 13.8 Å². The molecule has 0 aliphatic heterocycles. The second-order valence-corrected chi connectivity index (χ2v) is 5.27. The van der Waals surface area contributed by atoms with Crippen LogP contribution in [0.4, 0.5) is 0 Å². The van der Waals surface area contributed by atoms with E-state index in [-0.39, 0.29) is 17.7 Å². The molecule has 6 nitrogen and oxygen atoms in total. The van der Waals surface area contributed by atoms with Crippen molar-refractivity contribution in [1.82, 2.24) is 10.6 Å². The normalized spacial score (nSPS) is 12.4. The van der Waals surface area contributed by atoms with Gasteiger partial charge in [0.15, 0.2) is 0 Å². The average molecular weight is 282 g/mol. The van der Waals surface area contributed by atoms with E-state index in [0.29, 0.717) is 30.3 Å². The van der Waals surface area contributed by atoms with Gasteiger partial charge in [-0.05, 0) is 25.8 Å². The van der Waals surface area contributed by atoms with Crippen LogP contribution in [0.15, 0.2) is 10.5 Å². The van der Waals surface area contributed by atoms with Crippen LogP contribution in [0.1, 0.15) is 42.6 Å². The second-order valence-electron chi connectivity index (χ2n) is 5.27. The number of carbonyl (C=O) groups is 2. The largest absolute Gasteiger partial charge is 0.475 e. The monoisotopic (exact) mass is 282 g/mol. The van der Waals surface area contributed by atoms with Gasteiger partial charge in [-0.25, -0.2) is 4.79 Å². The fourth-order valence-electron chi connectivity index (χ4n) is 1.65. The van der Waals surface area contributed by atoms with Crippen LogP contribution in [-0.4, -0.2) is 29.6 Å². The topological polar surface area (TPSA) is 91.6 Å². The standard InChI is InChI=1S/C14H22N2O4/c1-8(2)6-16-13(17)10(4)15-7-11-5-9(3)12(20-11)14(18)19/h5,8,10,15H,6-7H2,1-4H3,(H,16,17)(H,18,19). The second kappa shape index (κ2) is 7.09. The van der Waals surface area contributed by atoms with Crippen molar-refractivity contribution >= 4 is 11.9 Å². The van der Waals surface area contributed by atoms with Crippen LogP contribution in [0.5, 0.6) is 0 Å². The molecule has 1 rings (SSSR count). The first-order chi connectivity index (χ1) is 9.31. The summed E-state index contributed by atoms with van der Waals surface area (Å²) < 4.78 is 5.21. The number of amides is 1. The number of rotatable bonds is 7. The molecular weight excluding hydrogens is 260 g/mol.